The zero-order valence-electron chi connectivity index (χ0n) is 19.7. The molecule has 4 amide bonds. The van der Waals surface area contributed by atoms with Crippen LogP contribution < -0.4 is 5.32 Å². The van der Waals surface area contributed by atoms with E-state index < -0.39 is 17.6 Å². The standard InChI is InChI=1S/C24H32N4O5/c1-14-6-8-18(20(29)25-14)28-21(30)16-7-9-17(15(2)19(16)22(28)31)26-10-12-27(13-11-26)23(32)33-24(3,4)5/h7,9,15,17-18H,1,6,8,10-13H2,2-5H3,(H,25,29). The minimum Gasteiger partial charge on any atom is -0.444 e. The first-order valence-electron chi connectivity index (χ1n) is 11.5. The maximum absolute atomic E-state index is 13.3. The van der Waals surface area contributed by atoms with Crippen molar-refractivity contribution in [3.8, 4) is 0 Å². The maximum atomic E-state index is 13.3. The lowest BCUT2D eigenvalue weighted by Gasteiger charge is -2.41. The third-order valence-electron chi connectivity index (χ3n) is 6.64. The quantitative estimate of drug-likeness (QED) is 0.634. The summed E-state index contributed by atoms with van der Waals surface area (Å²) in [5.41, 5.74) is 0.918. The van der Waals surface area contributed by atoms with Crippen molar-refractivity contribution in [1.29, 1.82) is 0 Å². The van der Waals surface area contributed by atoms with Gasteiger partial charge in [-0.3, -0.25) is 24.2 Å². The monoisotopic (exact) mass is 456 g/mol. The highest BCUT2D eigenvalue weighted by Gasteiger charge is 2.48. The molecule has 0 bridgehead atoms. The minimum absolute atomic E-state index is 0.0683. The summed E-state index contributed by atoms with van der Waals surface area (Å²) in [7, 11) is 0. The van der Waals surface area contributed by atoms with Gasteiger partial charge in [0.25, 0.3) is 11.8 Å². The van der Waals surface area contributed by atoms with Gasteiger partial charge in [-0.1, -0.05) is 25.7 Å². The minimum atomic E-state index is -0.808. The van der Waals surface area contributed by atoms with E-state index in [0.717, 1.165) is 4.90 Å². The summed E-state index contributed by atoms with van der Waals surface area (Å²) >= 11 is 0. The molecule has 3 atom stereocenters. The molecule has 0 radical (unpaired) electrons. The summed E-state index contributed by atoms with van der Waals surface area (Å²) in [6.07, 6.45) is 4.29. The Kier molecular flexibility index (Phi) is 5.94. The molecule has 2 saturated heterocycles. The van der Waals surface area contributed by atoms with Gasteiger partial charge in [-0.05, 0) is 33.6 Å². The van der Waals surface area contributed by atoms with Crippen LogP contribution in [0.4, 0.5) is 4.79 Å². The van der Waals surface area contributed by atoms with Gasteiger partial charge in [-0.25, -0.2) is 4.79 Å². The summed E-state index contributed by atoms with van der Waals surface area (Å²) in [5.74, 6) is -1.35. The molecule has 2 fully saturated rings. The van der Waals surface area contributed by atoms with Crippen molar-refractivity contribution in [2.75, 3.05) is 26.2 Å². The summed E-state index contributed by atoms with van der Waals surface area (Å²) in [6, 6.07) is -0.876. The molecule has 3 aliphatic heterocycles. The topological polar surface area (TPSA) is 99.3 Å². The molecular weight excluding hydrogens is 424 g/mol. The first kappa shape index (κ1) is 23.2. The Bertz CT molecular complexity index is 968. The van der Waals surface area contributed by atoms with E-state index in [1.54, 1.807) is 11.0 Å². The Morgan fingerprint density at radius 1 is 1.12 bits per heavy atom. The molecule has 3 heterocycles. The number of hydrogen-bond acceptors (Lipinski definition) is 6. The first-order chi connectivity index (χ1) is 15.5. The Balaban J connectivity index is 1.43. The fourth-order valence-electron chi connectivity index (χ4n) is 4.97. The molecule has 0 spiro atoms. The molecule has 0 aromatic heterocycles. The first-order valence-corrected chi connectivity index (χ1v) is 11.5. The molecule has 9 nitrogen and oxygen atoms in total. The second-order valence-electron chi connectivity index (χ2n) is 10.1. The number of hydrogen-bond donors (Lipinski definition) is 1. The molecule has 3 unspecified atom stereocenters. The maximum Gasteiger partial charge on any atom is 0.410 e. The van der Waals surface area contributed by atoms with Gasteiger partial charge in [0.05, 0.1) is 0 Å². The summed E-state index contributed by atoms with van der Waals surface area (Å²) in [6.45, 7) is 13.6. The average Bonchev–Trinajstić information content (AvgIpc) is 2.98. The predicted octanol–water partition coefficient (Wildman–Crippen LogP) is 1.57. The van der Waals surface area contributed by atoms with Gasteiger partial charge >= 0.3 is 6.09 Å². The highest BCUT2D eigenvalue weighted by atomic mass is 16.6. The lowest BCUT2D eigenvalue weighted by atomic mass is 9.84. The average molecular weight is 457 g/mol. The number of piperidine rings is 1. The number of rotatable bonds is 2. The summed E-state index contributed by atoms with van der Waals surface area (Å²) < 4.78 is 5.47. The number of carbonyl (C=O) groups is 4. The number of carbonyl (C=O) groups excluding carboxylic acids is 4. The van der Waals surface area contributed by atoms with Crippen molar-refractivity contribution in [1.82, 2.24) is 20.0 Å². The van der Waals surface area contributed by atoms with E-state index in [1.807, 2.05) is 33.8 Å². The molecule has 0 aromatic carbocycles. The second kappa shape index (κ2) is 8.44. The van der Waals surface area contributed by atoms with Crippen molar-refractivity contribution < 1.29 is 23.9 Å². The van der Waals surface area contributed by atoms with Crippen LogP contribution in [0.2, 0.25) is 0 Å². The highest BCUT2D eigenvalue weighted by Crippen LogP contribution is 2.37. The van der Waals surface area contributed by atoms with Crippen LogP contribution in [-0.4, -0.2) is 82.4 Å². The Morgan fingerprint density at radius 2 is 1.79 bits per heavy atom. The van der Waals surface area contributed by atoms with Gasteiger partial charge in [-0.2, -0.15) is 0 Å². The van der Waals surface area contributed by atoms with E-state index in [1.165, 1.54) is 0 Å². The number of imide groups is 1. The predicted molar refractivity (Wildman–Crippen MR) is 121 cm³/mol. The van der Waals surface area contributed by atoms with Gasteiger partial charge in [0.2, 0.25) is 5.91 Å². The van der Waals surface area contributed by atoms with Crippen molar-refractivity contribution in [3.63, 3.8) is 0 Å². The van der Waals surface area contributed by atoms with E-state index in [0.29, 0.717) is 55.9 Å². The van der Waals surface area contributed by atoms with Gasteiger partial charge in [-0.15, -0.1) is 0 Å². The smallest absolute Gasteiger partial charge is 0.410 e. The number of ether oxygens (including phenoxy) is 1. The fourth-order valence-corrected chi connectivity index (χ4v) is 4.97. The largest absolute Gasteiger partial charge is 0.444 e. The van der Waals surface area contributed by atoms with Crippen LogP contribution >= 0.6 is 0 Å². The van der Waals surface area contributed by atoms with E-state index in [-0.39, 0.29) is 29.9 Å². The van der Waals surface area contributed by atoms with E-state index >= 15 is 0 Å². The van der Waals surface area contributed by atoms with Crippen LogP contribution in [0.25, 0.3) is 0 Å². The molecule has 0 saturated carbocycles. The molecule has 1 aliphatic carbocycles. The van der Waals surface area contributed by atoms with Crippen LogP contribution in [0.15, 0.2) is 35.6 Å². The zero-order chi connectivity index (χ0) is 24.1. The number of piperazine rings is 1. The van der Waals surface area contributed by atoms with Crippen LogP contribution in [0, 0.1) is 5.92 Å². The van der Waals surface area contributed by atoms with Crippen molar-refractivity contribution in [2.24, 2.45) is 5.92 Å². The van der Waals surface area contributed by atoms with E-state index in [2.05, 4.69) is 16.8 Å². The lowest BCUT2D eigenvalue weighted by Crippen LogP contribution is -2.54. The molecule has 0 aromatic rings. The van der Waals surface area contributed by atoms with E-state index in [9.17, 15) is 19.2 Å². The third-order valence-corrected chi connectivity index (χ3v) is 6.64. The SMILES string of the molecule is C=C1CCC(N2C(=O)C3=C(C2=O)C(C)C(N2CCN(C(=O)OC(C)(C)C)CC2)C=C3)C(=O)N1. The number of nitrogens with one attached hydrogen (secondary N) is 1. The van der Waals surface area contributed by atoms with Crippen molar-refractivity contribution in [3.05, 3.63) is 35.6 Å². The van der Waals surface area contributed by atoms with Crippen molar-refractivity contribution in [2.45, 2.75) is 58.2 Å². The third kappa shape index (κ3) is 4.34. The van der Waals surface area contributed by atoms with Gasteiger partial charge in [0.15, 0.2) is 0 Å². The normalized spacial score (nSPS) is 28.9. The number of nitrogens with zero attached hydrogens (tertiary/aromatic N) is 3. The van der Waals surface area contributed by atoms with Gasteiger partial charge < -0.3 is 15.0 Å². The number of amides is 4. The van der Waals surface area contributed by atoms with Crippen molar-refractivity contribution >= 4 is 23.8 Å². The zero-order valence-corrected chi connectivity index (χ0v) is 19.7. The Morgan fingerprint density at radius 3 is 2.39 bits per heavy atom. The summed E-state index contributed by atoms with van der Waals surface area (Å²) in [5, 5.41) is 2.66. The molecule has 4 aliphatic rings. The van der Waals surface area contributed by atoms with Gasteiger partial charge in [0.1, 0.15) is 11.6 Å². The lowest BCUT2D eigenvalue weighted by molar-refractivity contribution is -0.146. The highest BCUT2D eigenvalue weighted by molar-refractivity contribution is 6.22. The van der Waals surface area contributed by atoms with Crippen LogP contribution in [0.3, 0.4) is 0 Å². The molecule has 4 rings (SSSR count). The molecule has 9 heteroatoms. The molecule has 33 heavy (non-hydrogen) atoms. The fraction of sp³-hybridized carbons (Fsp3) is 0.583. The Labute approximate surface area is 194 Å². The number of allylic oxidation sites excluding steroid dienone is 1. The molecule has 178 valence electrons. The molecule has 1 N–H and O–H groups in total. The van der Waals surface area contributed by atoms with Crippen LogP contribution in [0.5, 0.6) is 0 Å². The van der Waals surface area contributed by atoms with E-state index in [4.69, 9.17) is 4.74 Å². The van der Waals surface area contributed by atoms with Crippen LogP contribution in [-0.2, 0) is 19.1 Å². The molecular formula is C24H32N4O5. The Hall–Kier alpha value is -2.94. The van der Waals surface area contributed by atoms with Gasteiger partial charge in [0, 0.05) is 55.0 Å². The second-order valence-corrected chi connectivity index (χ2v) is 10.1. The summed E-state index contributed by atoms with van der Waals surface area (Å²) in [4.78, 5) is 56.2. The van der Waals surface area contributed by atoms with Crippen LogP contribution in [0.1, 0.15) is 40.5 Å².